The van der Waals surface area contributed by atoms with Crippen molar-refractivity contribution in [2.45, 2.75) is 6.92 Å². The molecule has 1 aromatic heterocycles. The fourth-order valence-electron chi connectivity index (χ4n) is 0.487. The van der Waals surface area contributed by atoms with E-state index in [9.17, 15) is 0 Å². The van der Waals surface area contributed by atoms with Gasteiger partial charge in [0, 0.05) is 5.56 Å². The van der Waals surface area contributed by atoms with Crippen molar-refractivity contribution in [3.8, 4) is 6.07 Å². The summed E-state index contributed by atoms with van der Waals surface area (Å²) >= 11 is 0. The lowest BCUT2D eigenvalue weighted by molar-refractivity contribution is 0.550. The van der Waals surface area contributed by atoms with E-state index in [2.05, 4.69) is 0 Å². The summed E-state index contributed by atoms with van der Waals surface area (Å²) in [5, 5.41) is 8.26. The average Bonchev–Trinajstić information content (AvgIpc) is 2.14. The zero-order valence-electron chi connectivity index (χ0n) is 4.51. The largest absolute Gasteiger partial charge is 0.454 e. The highest BCUT2D eigenvalue weighted by atomic mass is 16.3. The summed E-state index contributed by atoms with van der Waals surface area (Å²) in [5.41, 5.74) is 0.896. The quantitative estimate of drug-likeness (QED) is 0.503. The minimum Gasteiger partial charge on any atom is -0.454 e. The van der Waals surface area contributed by atoms with Crippen LogP contribution in [-0.4, -0.2) is 0 Å². The Bertz CT molecular complexity index is 219. The molecule has 0 N–H and O–H groups in total. The van der Waals surface area contributed by atoms with Crippen molar-refractivity contribution in [1.29, 1.82) is 5.26 Å². The van der Waals surface area contributed by atoms with Crippen molar-refractivity contribution >= 4 is 0 Å². The third kappa shape index (κ3) is 0.584. The van der Waals surface area contributed by atoms with Crippen LogP contribution in [0, 0.1) is 18.3 Å². The number of furan rings is 1. The van der Waals surface area contributed by atoms with Gasteiger partial charge in [0.2, 0.25) is 5.76 Å². The van der Waals surface area contributed by atoms with E-state index in [0.717, 1.165) is 5.56 Å². The first-order valence-electron chi connectivity index (χ1n) is 2.29. The molecule has 0 atom stereocenters. The van der Waals surface area contributed by atoms with Crippen LogP contribution in [0.15, 0.2) is 16.7 Å². The van der Waals surface area contributed by atoms with Gasteiger partial charge in [0.15, 0.2) is 0 Å². The lowest BCUT2D eigenvalue weighted by atomic mass is 10.3. The van der Waals surface area contributed by atoms with Crippen LogP contribution in [0.3, 0.4) is 0 Å². The van der Waals surface area contributed by atoms with E-state index in [0.29, 0.717) is 5.76 Å². The second-order valence-corrected chi connectivity index (χ2v) is 1.54. The van der Waals surface area contributed by atoms with Gasteiger partial charge in [0.25, 0.3) is 0 Å². The minimum atomic E-state index is 0.407. The Morgan fingerprint density at radius 3 is 2.75 bits per heavy atom. The van der Waals surface area contributed by atoms with E-state index in [1.165, 1.54) is 6.26 Å². The van der Waals surface area contributed by atoms with Gasteiger partial charge in [-0.25, -0.2) is 0 Å². The molecule has 2 nitrogen and oxygen atoms in total. The van der Waals surface area contributed by atoms with Gasteiger partial charge in [-0.2, -0.15) is 5.26 Å². The number of nitrogens with zero attached hydrogens (tertiary/aromatic N) is 1. The molecule has 0 unspecified atom stereocenters. The molecule has 2 heteroatoms. The molecule has 1 rings (SSSR count). The monoisotopic (exact) mass is 107 g/mol. The lowest BCUT2D eigenvalue weighted by Gasteiger charge is -1.75. The molecule has 0 bridgehead atoms. The first kappa shape index (κ1) is 4.92. The summed E-state index contributed by atoms with van der Waals surface area (Å²) in [4.78, 5) is 0. The van der Waals surface area contributed by atoms with Gasteiger partial charge in [-0.1, -0.05) is 0 Å². The molecule has 0 saturated carbocycles. The summed E-state index contributed by atoms with van der Waals surface area (Å²) in [6, 6.07) is 3.67. The molecule has 0 saturated heterocycles. The van der Waals surface area contributed by atoms with Gasteiger partial charge in [-0.05, 0) is 13.0 Å². The Morgan fingerprint density at radius 1 is 1.75 bits per heavy atom. The lowest BCUT2D eigenvalue weighted by Crippen LogP contribution is -1.67. The molecule has 0 amide bonds. The Kier molecular flexibility index (Phi) is 1.05. The summed E-state index contributed by atoms with van der Waals surface area (Å²) in [7, 11) is 0. The Morgan fingerprint density at radius 2 is 2.50 bits per heavy atom. The van der Waals surface area contributed by atoms with E-state index in [-0.39, 0.29) is 0 Å². The Hall–Kier alpha value is -1.23. The van der Waals surface area contributed by atoms with Gasteiger partial charge < -0.3 is 4.42 Å². The molecule has 0 aliphatic rings. The Balaban J connectivity index is 3.15. The zero-order chi connectivity index (χ0) is 5.98. The average molecular weight is 107 g/mol. The number of hydrogen-bond donors (Lipinski definition) is 0. The van der Waals surface area contributed by atoms with Crippen molar-refractivity contribution < 1.29 is 4.42 Å². The second kappa shape index (κ2) is 1.71. The number of rotatable bonds is 0. The molecule has 0 aromatic carbocycles. The molecule has 8 heavy (non-hydrogen) atoms. The maximum Gasteiger partial charge on any atom is 0.206 e. The van der Waals surface area contributed by atoms with E-state index in [1.807, 2.05) is 13.0 Å². The third-order valence-electron chi connectivity index (χ3n) is 0.964. The van der Waals surface area contributed by atoms with Crippen molar-refractivity contribution in [3.63, 3.8) is 0 Å². The Labute approximate surface area is 47.3 Å². The predicted molar refractivity (Wildman–Crippen MR) is 28.2 cm³/mol. The highest BCUT2D eigenvalue weighted by molar-refractivity contribution is 5.25. The third-order valence-corrected chi connectivity index (χ3v) is 0.964. The smallest absolute Gasteiger partial charge is 0.206 e. The van der Waals surface area contributed by atoms with Crippen LogP contribution in [0.25, 0.3) is 0 Å². The zero-order valence-corrected chi connectivity index (χ0v) is 4.51. The number of hydrogen-bond acceptors (Lipinski definition) is 2. The topological polar surface area (TPSA) is 36.9 Å². The normalized spacial score (nSPS) is 8.50. The summed E-state index contributed by atoms with van der Waals surface area (Å²) in [6.45, 7) is 1.84. The second-order valence-electron chi connectivity index (χ2n) is 1.54. The van der Waals surface area contributed by atoms with Gasteiger partial charge >= 0.3 is 0 Å². The van der Waals surface area contributed by atoms with Crippen LogP contribution in [0.4, 0.5) is 0 Å². The summed E-state index contributed by atoms with van der Waals surface area (Å²) in [6.07, 6.45) is 1.51. The number of nitriles is 1. The number of aryl methyl sites for hydroxylation is 1. The summed E-state index contributed by atoms with van der Waals surface area (Å²) in [5.74, 6) is 0.407. The van der Waals surface area contributed by atoms with Crippen LogP contribution < -0.4 is 0 Å². The van der Waals surface area contributed by atoms with Crippen molar-refractivity contribution in [1.82, 2.24) is 0 Å². The highest BCUT2D eigenvalue weighted by Gasteiger charge is 1.95. The van der Waals surface area contributed by atoms with Gasteiger partial charge in [-0.15, -0.1) is 0 Å². The first-order valence-corrected chi connectivity index (χ1v) is 2.29. The van der Waals surface area contributed by atoms with Gasteiger partial charge in [0.05, 0.1) is 6.26 Å². The van der Waals surface area contributed by atoms with E-state index in [1.54, 1.807) is 6.07 Å². The molecule has 1 aromatic rings. The maximum absolute atomic E-state index is 8.26. The molecule has 0 aliphatic heterocycles. The van der Waals surface area contributed by atoms with E-state index in [4.69, 9.17) is 9.68 Å². The van der Waals surface area contributed by atoms with E-state index >= 15 is 0 Å². The van der Waals surface area contributed by atoms with Crippen LogP contribution >= 0.6 is 0 Å². The SMILES string of the molecule is Cc1ccoc1C#N. The molecule has 0 aliphatic carbocycles. The standard InChI is InChI=1S/C6H5NO/c1-5-2-3-8-6(5)4-7/h2-3H,1H3. The fourth-order valence-corrected chi connectivity index (χ4v) is 0.487. The van der Waals surface area contributed by atoms with Crippen molar-refractivity contribution in [2.75, 3.05) is 0 Å². The molecule has 1 heterocycles. The minimum absolute atomic E-state index is 0.407. The molecule has 0 radical (unpaired) electrons. The molecular formula is C6H5NO. The van der Waals surface area contributed by atoms with Crippen molar-refractivity contribution in [2.24, 2.45) is 0 Å². The summed E-state index contributed by atoms with van der Waals surface area (Å²) < 4.78 is 4.75. The van der Waals surface area contributed by atoms with Crippen LogP contribution in [0.5, 0.6) is 0 Å². The molecular weight excluding hydrogens is 102 g/mol. The highest BCUT2D eigenvalue weighted by Crippen LogP contribution is 2.04. The molecule has 0 spiro atoms. The first-order chi connectivity index (χ1) is 3.84. The van der Waals surface area contributed by atoms with Gasteiger partial charge in [-0.3, -0.25) is 0 Å². The van der Waals surface area contributed by atoms with Gasteiger partial charge in [0.1, 0.15) is 6.07 Å². The fraction of sp³-hybridized carbons (Fsp3) is 0.167. The molecule has 0 fully saturated rings. The van der Waals surface area contributed by atoms with Crippen LogP contribution in [0.1, 0.15) is 11.3 Å². The van der Waals surface area contributed by atoms with Crippen molar-refractivity contribution in [3.05, 3.63) is 23.7 Å². The maximum atomic E-state index is 8.26. The van der Waals surface area contributed by atoms with Crippen LogP contribution in [-0.2, 0) is 0 Å². The van der Waals surface area contributed by atoms with E-state index < -0.39 is 0 Å². The predicted octanol–water partition coefficient (Wildman–Crippen LogP) is 1.46. The van der Waals surface area contributed by atoms with Crippen LogP contribution in [0.2, 0.25) is 0 Å². The molecule has 40 valence electrons.